The molecule has 40 heavy (non-hydrogen) atoms. The molecule has 5 N–H and O–H groups in total. The number of aromatic nitrogens is 3. The molecule has 1 atom stereocenters. The average Bonchev–Trinajstić information content (AvgIpc) is 3.49. The Hall–Kier alpha value is -4.35. The van der Waals surface area contributed by atoms with Crippen LogP contribution >= 0.6 is 11.6 Å². The molecular weight excluding hydrogens is 535 g/mol. The van der Waals surface area contributed by atoms with E-state index in [0.717, 1.165) is 43.5 Å². The Bertz CT molecular complexity index is 1600. The van der Waals surface area contributed by atoms with Crippen LogP contribution in [0.4, 0.5) is 4.39 Å². The first kappa shape index (κ1) is 27.2. The number of hydrogen-bond donors (Lipinski definition) is 4. The van der Waals surface area contributed by atoms with Gasteiger partial charge >= 0.3 is 0 Å². The number of phenolic OH excluding ortho intramolecular Hbond substituents is 1. The molecule has 0 aliphatic carbocycles. The molecule has 206 valence electrons. The number of likely N-dealkylation sites (N-methyl/N-ethyl adjacent to an activating group) is 1. The van der Waals surface area contributed by atoms with Crippen molar-refractivity contribution >= 4 is 40.7 Å². The summed E-state index contributed by atoms with van der Waals surface area (Å²) in [6.07, 6.45) is 4.57. The molecule has 2 aromatic carbocycles. The van der Waals surface area contributed by atoms with Gasteiger partial charge in [-0.2, -0.15) is 0 Å². The fraction of sp³-hybridized carbons (Fsp3) is 0.250. The van der Waals surface area contributed by atoms with E-state index in [4.69, 9.17) is 22.7 Å². The number of aromatic hydroxyl groups is 1. The SMILES string of the molecule is CN1CCC[C@H](N2Cc3ccc(Cl)cc3C2=O)C1.N=CN=C(N)c1cc2nc(-c3c(O)cccc3F)[nH]c2cn1. The molecule has 2 aliphatic heterocycles. The highest BCUT2D eigenvalue weighted by molar-refractivity contribution is 6.31. The summed E-state index contributed by atoms with van der Waals surface area (Å²) in [6, 6.07) is 11.6. The number of nitrogens with one attached hydrogen (secondary N) is 2. The topological polar surface area (TPSA) is 148 Å². The van der Waals surface area contributed by atoms with E-state index >= 15 is 0 Å². The number of likely N-dealkylation sites (tertiary alicyclic amines) is 1. The first-order valence-electron chi connectivity index (χ1n) is 12.7. The van der Waals surface area contributed by atoms with Gasteiger partial charge in [0, 0.05) is 29.7 Å². The number of aromatic amines is 1. The number of hydrogen-bond acceptors (Lipinski definition) is 6. The van der Waals surface area contributed by atoms with Gasteiger partial charge in [-0.25, -0.2) is 14.4 Å². The van der Waals surface area contributed by atoms with E-state index in [2.05, 4.69) is 31.9 Å². The van der Waals surface area contributed by atoms with Gasteiger partial charge in [-0.3, -0.25) is 15.2 Å². The molecule has 4 aromatic rings. The van der Waals surface area contributed by atoms with Crippen molar-refractivity contribution in [2.24, 2.45) is 10.7 Å². The quantitative estimate of drug-likeness (QED) is 0.217. The lowest BCUT2D eigenvalue weighted by Gasteiger charge is -2.35. The van der Waals surface area contributed by atoms with Crippen LogP contribution in [0.3, 0.4) is 0 Å². The average molecular weight is 563 g/mol. The highest BCUT2D eigenvalue weighted by Gasteiger charge is 2.34. The van der Waals surface area contributed by atoms with Crippen LogP contribution in [0.1, 0.15) is 34.5 Å². The molecule has 1 saturated heterocycles. The third kappa shape index (κ3) is 5.51. The van der Waals surface area contributed by atoms with Crippen LogP contribution in [0, 0.1) is 11.2 Å². The minimum atomic E-state index is -0.586. The van der Waals surface area contributed by atoms with Crippen LogP contribution < -0.4 is 5.73 Å². The number of carbonyl (C=O) groups is 1. The van der Waals surface area contributed by atoms with E-state index in [-0.39, 0.29) is 28.9 Å². The van der Waals surface area contributed by atoms with E-state index < -0.39 is 5.82 Å². The van der Waals surface area contributed by atoms with Crippen LogP contribution in [0.15, 0.2) is 53.7 Å². The van der Waals surface area contributed by atoms with Gasteiger partial charge in [0.1, 0.15) is 29.4 Å². The summed E-state index contributed by atoms with van der Waals surface area (Å²) in [5, 5.41) is 17.3. The molecule has 4 heterocycles. The third-order valence-electron chi connectivity index (χ3n) is 7.01. The summed E-state index contributed by atoms with van der Waals surface area (Å²) >= 11 is 5.97. The summed E-state index contributed by atoms with van der Waals surface area (Å²) < 4.78 is 13.9. The van der Waals surface area contributed by atoms with Gasteiger partial charge in [-0.05, 0) is 62.3 Å². The Morgan fingerprint density at radius 2 is 2.15 bits per heavy atom. The minimum absolute atomic E-state index is 0.0126. The number of phenols is 1. The van der Waals surface area contributed by atoms with Gasteiger partial charge in [-0.1, -0.05) is 23.7 Å². The first-order chi connectivity index (χ1) is 19.2. The minimum Gasteiger partial charge on any atom is -0.507 e. The van der Waals surface area contributed by atoms with Gasteiger partial charge in [0.15, 0.2) is 5.84 Å². The number of amides is 1. The molecule has 6 rings (SSSR count). The number of pyridine rings is 1. The fourth-order valence-corrected chi connectivity index (χ4v) is 5.21. The first-order valence-corrected chi connectivity index (χ1v) is 13.1. The Morgan fingerprint density at radius 1 is 1.32 bits per heavy atom. The number of imidazole rings is 1. The number of nitrogens with two attached hydrogens (primary N) is 1. The summed E-state index contributed by atoms with van der Waals surface area (Å²) in [6.45, 7) is 2.86. The number of rotatable bonds is 4. The number of halogens is 2. The van der Waals surface area contributed by atoms with Crippen molar-refractivity contribution in [3.63, 3.8) is 0 Å². The lowest BCUT2D eigenvalue weighted by atomic mass is 10.0. The van der Waals surface area contributed by atoms with E-state index in [1.54, 1.807) is 12.1 Å². The predicted molar refractivity (Wildman–Crippen MR) is 152 cm³/mol. The van der Waals surface area contributed by atoms with E-state index in [1.807, 2.05) is 17.0 Å². The second kappa shape index (κ2) is 11.4. The second-order valence-corrected chi connectivity index (χ2v) is 10.2. The summed E-state index contributed by atoms with van der Waals surface area (Å²) in [5.74, 6) is -0.385. The molecule has 10 nitrogen and oxygen atoms in total. The molecule has 0 radical (unpaired) electrons. The molecular formula is C28H28ClFN8O2. The van der Waals surface area contributed by atoms with Crippen molar-refractivity contribution in [2.75, 3.05) is 20.1 Å². The second-order valence-electron chi connectivity index (χ2n) is 9.74. The van der Waals surface area contributed by atoms with Crippen molar-refractivity contribution in [1.82, 2.24) is 24.8 Å². The Labute approximate surface area is 234 Å². The van der Waals surface area contributed by atoms with Crippen molar-refractivity contribution in [2.45, 2.75) is 25.4 Å². The number of amidine groups is 1. The molecule has 0 saturated carbocycles. The lowest BCUT2D eigenvalue weighted by Crippen LogP contribution is -2.46. The largest absolute Gasteiger partial charge is 0.507 e. The zero-order chi connectivity index (χ0) is 28.4. The van der Waals surface area contributed by atoms with Crippen molar-refractivity contribution in [1.29, 1.82) is 5.41 Å². The number of benzene rings is 2. The number of aliphatic imine (C=N–C) groups is 1. The van der Waals surface area contributed by atoms with E-state index in [1.165, 1.54) is 30.8 Å². The smallest absolute Gasteiger partial charge is 0.254 e. The van der Waals surface area contributed by atoms with Gasteiger partial charge in [0.05, 0.1) is 22.8 Å². The molecule has 12 heteroatoms. The normalized spacial score (nSPS) is 17.5. The molecule has 1 fully saturated rings. The van der Waals surface area contributed by atoms with Crippen molar-refractivity contribution < 1.29 is 14.3 Å². The van der Waals surface area contributed by atoms with Crippen LogP contribution in [0.25, 0.3) is 22.4 Å². The number of nitrogens with zero attached hydrogens (tertiary/aromatic N) is 5. The number of piperidine rings is 1. The van der Waals surface area contributed by atoms with Crippen molar-refractivity contribution in [3.8, 4) is 17.1 Å². The molecule has 2 aliphatic rings. The van der Waals surface area contributed by atoms with Gasteiger partial charge < -0.3 is 25.6 Å². The molecule has 1 amide bonds. The highest BCUT2D eigenvalue weighted by Crippen LogP contribution is 2.31. The monoisotopic (exact) mass is 562 g/mol. The maximum Gasteiger partial charge on any atom is 0.254 e. The lowest BCUT2D eigenvalue weighted by molar-refractivity contribution is 0.0598. The Kier molecular flexibility index (Phi) is 7.76. The molecule has 0 unspecified atom stereocenters. The fourth-order valence-electron chi connectivity index (χ4n) is 5.04. The van der Waals surface area contributed by atoms with E-state index in [0.29, 0.717) is 27.8 Å². The van der Waals surface area contributed by atoms with Crippen LogP contribution in [0.2, 0.25) is 5.02 Å². The molecule has 0 spiro atoms. The van der Waals surface area contributed by atoms with Gasteiger partial charge in [0.2, 0.25) is 0 Å². The number of carbonyl (C=O) groups excluding carboxylic acids is 1. The van der Waals surface area contributed by atoms with Crippen molar-refractivity contribution in [3.05, 3.63) is 76.3 Å². The van der Waals surface area contributed by atoms with E-state index in [9.17, 15) is 14.3 Å². The summed E-state index contributed by atoms with van der Waals surface area (Å²) in [5.41, 5.74) is 8.95. The van der Waals surface area contributed by atoms with Crippen LogP contribution in [-0.4, -0.2) is 74.1 Å². The maximum atomic E-state index is 13.9. The maximum absolute atomic E-state index is 13.9. The molecule has 0 bridgehead atoms. The molecule has 2 aromatic heterocycles. The van der Waals surface area contributed by atoms with Gasteiger partial charge in [0.25, 0.3) is 5.91 Å². The number of fused-ring (bicyclic) bond motifs is 2. The Balaban J connectivity index is 0.000000164. The van der Waals surface area contributed by atoms with Crippen LogP contribution in [0.5, 0.6) is 5.75 Å². The number of H-pyrrole nitrogens is 1. The zero-order valence-electron chi connectivity index (χ0n) is 21.7. The highest BCUT2D eigenvalue weighted by atomic mass is 35.5. The Morgan fingerprint density at radius 3 is 2.90 bits per heavy atom. The summed E-state index contributed by atoms with van der Waals surface area (Å²) in [4.78, 5) is 31.6. The standard InChI is InChI=1S/C14H17ClN2O.C14H11FN6O/c1-16-6-2-3-12(9-16)17-8-10-4-5-11(15)7-13(10)14(17)18;15-7-2-1-3-11(22)12(7)14-20-8-4-9(13(17)19-6-16)18-5-10(8)21-14/h4-5,7,12H,2-3,6,8-9H2,1H3;1-6,22H,(H,20,21)(H3,16,17,19)/t12-;/m0./s1. The van der Waals surface area contributed by atoms with Crippen LogP contribution in [-0.2, 0) is 6.54 Å². The zero-order valence-corrected chi connectivity index (χ0v) is 22.5. The third-order valence-corrected chi connectivity index (χ3v) is 7.24. The van der Waals surface area contributed by atoms with Gasteiger partial charge in [-0.15, -0.1) is 0 Å². The predicted octanol–water partition coefficient (Wildman–Crippen LogP) is 4.17. The summed E-state index contributed by atoms with van der Waals surface area (Å²) in [7, 11) is 2.12.